The van der Waals surface area contributed by atoms with E-state index in [-0.39, 0.29) is 0 Å². The first-order chi connectivity index (χ1) is 14.5. The van der Waals surface area contributed by atoms with Gasteiger partial charge in [0.1, 0.15) is 0 Å². The van der Waals surface area contributed by atoms with Gasteiger partial charge in [0, 0.05) is 0 Å². The van der Waals surface area contributed by atoms with Gasteiger partial charge < -0.3 is 0 Å². The third-order valence-electron chi connectivity index (χ3n) is 8.82. The molecule has 1 unspecified atom stereocenters. The monoisotopic (exact) mass is 418 g/mol. The Morgan fingerprint density at radius 1 is 0.633 bits per heavy atom. The summed E-state index contributed by atoms with van der Waals surface area (Å²) in [5.74, 6) is 4.76. The molecule has 0 amide bonds. The Kier molecular flexibility index (Phi) is 12.4. The van der Waals surface area contributed by atoms with Crippen molar-refractivity contribution in [1.82, 2.24) is 0 Å². The van der Waals surface area contributed by atoms with Gasteiger partial charge in [-0.05, 0) is 67.1 Å². The Hall–Kier alpha value is 0. The molecule has 30 heavy (non-hydrogen) atoms. The van der Waals surface area contributed by atoms with Crippen LogP contribution in [0.3, 0.4) is 0 Å². The number of hydrogen-bond donors (Lipinski definition) is 0. The number of rotatable bonds is 14. The molecule has 1 atom stereocenters. The lowest BCUT2D eigenvalue weighted by molar-refractivity contribution is -0.0400. The van der Waals surface area contributed by atoms with Crippen molar-refractivity contribution >= 4 is 0 Å². The SMILES string of the molecule is CCCCCCCCC(C1CCCCC1)C(CC(C)C)(CC(C)C)C1CCCCC1. The van der Waals surface area contributed by atoms with E-state index in [1.165, 1.54) is 89.9 Å². The first-order valence-electron chi connectivity index (χ1n) is 14.5. The maximum Gasteiger partial charge on any atom is -0.0233 e. The molecule has 0 spiro atoms. The van der Waals surface area contributed by atoms with E-state index in [2.05, 4.69) is 34.6 Å². The molecule has 2 saturated carbocycles. The predicted molar refractivity (Wildman–Crippen MR) is 136 cm³/mol. The van der Waals surface area contributed by atoms with Crippen LogP contribution in [-0.4, -0.2) is 0 Å². The third-order valence-corrected chi connectivity index (χ3v) is 8.82. The number of unbranched alkanes of at least 4 members (excludes halogenated alkanes) is 5. The molecular weight excluding hydrogens is 360 g/mol. The minimum Gasteiger partial charge on any atom is -0.0654 e. The molecule has 0 aromatic heterocycles. The summed E-state index contributed by atoms with van der Waals surface area (Å²) in [4.78, 5) is 0. The fraction of sp³-hybridized carbons (Fsp3) is 1.00. The molecule has 0 heteroatoms. The van der Waals surface area contributed by atoms with Crippen LogP contribution in [-0.2, 0) is 0 Å². The highest BCUT2D eigenvalue weighted by molar-refractivity contribution is 4.97. The predicted octanol–water partition coefficient (Wildman–Crippen LogP) is 10.6. The van der Waals surface area contributed by atoms with Crippen LogP contribution in [0.4, 0.5) is 0 Å². The minimum absolute atomic E-state index is 0.633. The second-order valence-electron chi connectivity index (χ2n) is 12.3. The highest BCUT2D eigenvalue weighted by Crippen LogP contribution is 2.57. The molecule has 0 saturated heterocycles. The summed E-state index contributed by atoms with van der Waals surface area (Å²) in [6.07, 6.45) is 28.6. The smallest absolute Gasteiger partial charge is 0.0233 e. The lowest BCUT2D eigenvalue weighted by Gasteiger charge is -2.54. The summed E-state index contributed by atoms with van der Waals surface area (Å²) in [7, 11) is 0. The van der Waals surface area contributed by atoms with Crippen LogP contribution in [0.5, 0.6) is 0 Å². The summed E-state index contributed by atoms with van der Waals surface area (Å²) >= 11 is 0. The maximum atomic E-state index is 2.53. The molecule has 2 rings (SSSR count). The molecule has 0 N–H and O–H groups in total. The maximum absolute atomic E-state index is 2.53. The molecule has 2 aliphatic carbocycles. The molecule has 0 aliphatic heterocycles. The van der Waals surface area contributed by atoms with Crippen molar-refractivity contribution < 1.29 is 0 Å². The minimum atomic E-state index is 0.633. The molecule has 2 fully saturated rings. The normalized spacial score (nSPS) is 20.9. The lowest BCUT2D eigenvalue weighted by Crippen LogP contribution is -2.45. The van der Waals surface area contributed by atoms with Crippen LogP contribution in [0, 0.1) is 35.0 Å². The second kappa shape index (κ2) is 14.2. The molecule has 0 aromatic rings. The fourth-order valence-electron chi connectivity index (χ4n) is 7.89. The average molecular weight is 419 g/mol. The van der Waals surface area contributed by atoms with Gasteiger partial charge in [0.05, 0.1) is 0 Å². The van der Waals surface area contributed by atoms with Gasteiger partial charge in [0.25, 0.3) is 0 Å². The Bertz CT molecular complexity index is 398. The molecule has 0 heterocycles. The van der Waals surface area contributed by atoms with Crippen LogP contribution in [0.1, 0.15) is 157 Å². The van der Waals surface area contributed by atoms with E-state index in [1.54, 1.807) is 32.1 Å². The van der Waals surface area contributed by atoms with E-state index < -0.39 is 0 Å². The van der Waals surface area contributed by atoms with Crippen molar-refractivity contribution in [2.75, 3.05) is 0 Å². The lowest BCUT2D eigenvalue weighted by atomic mass is 9.51. The van der Waals surface area contributed by atoms with E-state index in [1.807, 2.05) is 0 Å². The first-order valence-corrected chi connectivity index (χ1v) is 14.5. The molecule has 0 nitrogen and oxygen atoms in total. The van der Waals surface area contributed by atoms with Crippen LogP contribution in [0.2, 0.25) is 0 Å². The van der Waals surface area contributed by atoms with Gasteiger partial charge in [-0.25, -0.2) is 0 Å². The highest BCUT2D eigenvalue weighted by atomic mass is 14.5. The second-order valence-corrected chi connectivity index (χ2v) is 12.3. The molecule has 2 aliphatic rings. The van der Waals surface area contributed by atoms with Crippen LogP contribution < -0.4 is 0 Å². The van der Waals surface area contributed by atoms with Crippen molar-refractivity contribution in [2.45, 2.75) is 157 Å². The van der Waals surface area contributed by atoms with E-state index in [4.69, 9.17) is 0 Å². The van der Waals surface area contributed by atoms with Crippen molar-refractivity contribution in [3.63, 3.8) is 0 Å². The van der Waals surface area contributed by atoms with Gasteiger partial charge in [-0.3, -0.25) is 0 Å². The van der Waals surface area contributed by atoms with Gasteiger partial charge in [-0.1, -0.05) is 125 Å². The van der Waals surface area contributed by atoms with Crippen molar-refractivity contribution in [3.8, 4) is 0 Å². The van der Waals surface area contributed by atoms with Gasteiger partial charge in [0.2, 0.25) is 0 Å². The summed E-state index contributed by atoms with van der Waals surface area (Å²) in [5, 5.41) is 0. The highest BCUT2D eigenvalue weighted by Gasteiger charge is 2.48. The number of hydrogen-bond acceptors (Lipinski definition) is 0. The molecular formula is C30H58. The topological polar surface area (TPSA) is 0 Å². The zero-order valence-corrected chi connectivity index (χ0v) is 21.8. The van der Waals surface area contributed by atoms with E-state index in [0.717, 1.165) is 29.6 Å². The molecule has 0 radical (unpaired) electrons. The van der Waals surface area contributed by atoms with E-state index >= 15 is 0 Å². The summed E-state index contributed by atoms with van der Waals surface area (Å²) < 4.78 is 0. The Morgan fingerprint density at radius 3 is 1.67 bits per heavy atom. The van der Waals surface area contributed by atoms with Crippen LogP contribution in [0.25, 0.3) is 0 Å². The van der Waals surface area contributed by atoms with E-state index in [9.17, 15) is 0 Å². The Morgan fingerprint density at radius 2 is 1.13 bits per heavy atom. The Labute approximate surface area is 191 Å². The van der Waals surface area contributed by atoms with Crippen molar-refractivity contribution in [1.29, 1.82) is 0 Å². The van der Waals surface area contributed by atoms with Crippen LogP contribution >= 0.6 is 0 Å². The molecule has 0 aromatic carbocycles. The molecule has 0 bridgehead atoms. The first kappa shape index (κ1) is 26.3. The summed E-state index contributed by atoms with van der Waals surface area (Å²) in [6, 6.07) is 0. The van der Waals surface area contributed by atoms with Crippen LogP contribution in [0.15, 0.2) is 0 Å². The van der Waals surface area contributed by atoms with E-state index in [0.29, 0.717) is 5.41 Å². The molecule has 178 valence electrons. The Balaban J connectivity index is 2.25. The van der Waals surface area contributed by atoms with Gasteiger partial charge in [-0.2, -0.15) is 0 Å². The zero-order valence-electron chi connectivity index (χ0n) is 21.8. The van der Waals surface area contributed by atoms with Gasteiger partial charge >= 0.3 is 0 Å². The van der Waals surface area contributed by atoms with Gasteiger partial charge in [-0.15, -0.1) is 0 Å². The quantitative estimate of drug-likeness (QED) is 0.246. The van der Waals surface area contributed by atoms with Crippen molar-refractivity contribution in [2.24, 2.45) is 35.0 Å². The third kappa shape index (κ3) is 8.16. The standard InChI is InChI=1S/C30H58/c1-6-7-8-9-10-17-22-29(27-18-13-11-14-19-27)30(23-25(2)3,24-26(4)5)28-20-15-12-16-21-28/h25-29H,6-24H2,1-5H3. The van der Waals surface area contributed by atoms with Crippen molar-refractivity contribution in [3.05, 3.63) is 0 Å². The largest absolute Gasteiger partial charge is 0.0654 e. The fourth-order valence-corrected chi connectivity index (χ4v) is 7.89. The summed E-state index contributed by atoms with van der Waals surface area (Å²) in [5.41, 5.74) is 0.633. The average Bonchev–Trinajstić information content (AvgIpc) is 2.73. The van der Waals surface area contributed by atoms with Gasteiger partial charge in [0.15, 0.2) is 0 Å². The summed E-state index contributed by atoms with van der Waals surface area (Å²) in [6.45, 7) is 12.5. The zero-order chi connectivity index (χ0) is 21.8.